The Balaban J connectivity index is 2.64. The Morgan fingerprint density at radius 1 is 1.17 bits per heavy atom. The normalized spacial score (nSPS) is 13.7. The molecule has 0 saturated carbocycles. The van der Waals surface area contributed by atoms with E-state index in [1.165, 1.54) is 35.1 Å². The highest BCUT2D eigenvalue weighted by Gasteiger charge is 2.21. The fourth-order valence-corrected chi connectivity index (χ4v) is 3.03. The fourth-order valence-electron chi connectivity index (χ4n) is 3.03. The Morgan fingerprint density at radius 3 is 2.33 bits per heavy atom. The van der Waals surface area contributed by atoms with Crippen LogP contribution >= 0.6 is 0 Å². The molecule has 96 valence electrons. The summed E-state index contributed by atoms with van der Waals surface area (Å²) in [6.07, 6.45) is 6.38. The second kappa shape index (κ2) is 5.36. The third kappa shape index (κ3) is 2.06. The van der Waals surface area contributed by atoms with Gasteiger partial charge in [0.05, 0.1) is 13.7 Å². The van der Waals surface area contributed by atoms with Crippen molar-refractivity contribution in [3.8, 4) is 5.75 Å². The highest BCUT2D eigenvalue weighted by Crippen LogP contribution is 2.37. The van der Waals surface area contributed by atoms with Crippen LogP contribution in [-0.2, 0) is 24.2 Å². The monoisotopic (exact) mass is 245 g/mol. The van der Waals surface area contributed by atoms with Crippen LogP contribution in [0.3, 0.4) is 0 Å². The van der Waals surface area contributed by atoms with Crippen molar-refractivity contribution >= 4 is 6.08 Å². The van der Waals surface area contributed by atoms with Crippen molar-refractivity contribution in [2.45, 2.75) is 46.1 Å². The fraction of sp³-hybridized carbons (Fsp3) is 0.533. The summed E-state index contributed by atoms with van der Waals surface area (Å²) in [4.78, 5) is 14.0. The average molecular weight is 245 g/mol. The van der Waals surface area contributed by atoms with E-state index in [4.69, 9.17) is 4.74 Å². The van der Waals surface area contributed by atoms with E-state index in [-0.39, 0.29) is 0 Å². The maximum atomic E-state index is 10.3. The maximum absolute atomic E-state index is 10.3. The van der Waals surface area contributed by atoms with Gasteiger partial charge in [-0.3, -0.25) is 0 Å². The second-order valence-corrected chi connectivity index (χ2v) is 4.83. The number of ether oxygens (including phenoxy) is 1. The molecule has 2 rings (SSSR count). The first kappa shape index (κ1) is 12.8. The molecule has 0 unspecified atom stereocenters. The maximum Gasteiger partial charge on any atom is 0.235 e. The first-order valence-electron chi connectivity index (χ1n) is 6.42. The van der Waals surface area contributed by atoms with E-state index in [1.54, 1.807) is 13.2 Å². The van der Waals surface area contributed by atoms with Crippen LogP contribution in [0.15, 0.2) is 4.99 Å². The molecule has 0 aromatic heterocycles. The van der Waals surface area contributed by atoms with Crippen molar-refractivity contribution in [3.63, 3.8) is 0 Å². The summed E-state index contributed by atoms with van der Waals surface area (Å²) in [5.74, 6) is 0.896. The summed E-state index contributed by atoms with van der Waals surface area (Å²) < 4.78 is 5.53. The zero-order valence-electron chi connectivity index (χ0n) is 11.3. The average Bonchev–Trinajstić information content (AvgIpc) is 2.41. The van der Waals surface area contributed by atoms with Gasteiger partial charge in [-0.15, -0.1) is 0 Å². The van der Waals surface area contributed by atoms with Crippen molar-refractivity contribution in [2.75, 3.05) is 7.11 Å². The van der Waals surface area contributed by atoms with E-state index in [0.29, 0.717) is 6.54 Å². The molecule has 0 atom stereocenters. The van der Waals surface area contributed by atoms with E-state index in [9.17, 15) is 4.79 Å². The molecular formula is C15H19NO2. The van der Waals surface area contributed by atoms with Gasteiger partial charge in [-0.1, -0.05) is 0 Å². The number of benzene rings is 1. The van der Waals surface area contributed by atoms with E-state index >= 15 is 0 Å². The topological polar surface area (TPSA) is 38.7 Å². The number of hydrogen-bond acceptors (Lipinski definition) is 3. The number of rotatable bonds is 3. The van der Waals surface area contributed by atoms with Crippen LogP contribution in [0.2, 0.25) is 0 Å². The molecule has 1 aliphatic rings. The van der Waals surface area contributed by atoms with Gasteiger partial charge in [-0.05, 0) is 61.8 Å². The minimum Gasteiger partial charge on any atom is -0.496 e. The van der Waals surface area contributed by atoms with Crippen LogP contribution in [0.1, 0.15) is 40.7 Å². The largest absolute Gasteiger partial charge is 0.496 e. The highest BCUT2D eigenvalue weighted by atomic mass is 16.5. The van der Waals surface area contributed by atoms with Crippen molar-refractivity contribution < 1.29 is 9.53 Å². The van der Waals surface area contributed by atoms with Crippen LogP contribution < -0.4 is 4.74 Å². The predicted octanol–water partition coefficient (Wildman–Crippen LogP) is 3.03. The van der Waals surface area contributed by atoms with Gasteiger partial charge in [0, 0.05) is 5.56 Å². The van der Waals surface area contributed by atoms with Gasteiger partial charge in [0.1, 0.15) is 5.75 Å². The Morgan fingerprint density at radius 2 is 1.78 bits per heavy atom. The molecule has 1 aromatic carbocycles. The van der Waals surface area contributed by atoms with Crippen molar-refractivity contribution in [3.05, 3.63) is 27.8 Å². The Bertz CT molecular complexity index is 514. The predicted molar refractivity (Wildman–Crippen MR) is 70.9 cm³/mol. The van der Waals surface area contributed by atoms with E-state index < -0.39 is 0 Å². The SMILES string of the molecule is COc1c(C)c2c(c(C)c1CN=C=O)CCCC2. The van der Waals surface area contributed by atoms with Gasteiger partial charge >= 0.3 is 0 Å². The number of fused-ring (bicyclic) bond motifs is 1. The van der Waals surface area contributed by atoms with E-state index in [0.717, 1.165) is 24.2 Å². The summed E-state index contributed by atoms with van der Waals surface area (Å²) in [7, 11) is 1.69. The second-order valence-electron chi connectivity index (χ2n) is 4.83. The highest BCUT2D eigenvalue weighted by molar-refractivity contribution is 5.56. The Kier molecular flexibility index (Phi) is 3.83. The van der Waals surface area contributed by atoms with Gasteiger partial charge in [0.15, 0.2) is 0 Å². The third-order valence-corrected chi connectivity index (χ3v) is 3.95. The molecule has 0 aliphatic heterocycles. The van der Waals surface area contributed by atoms with Gasteiger partial charge in [-0.2, -0.15) is 0 Å². The first-order valence-corrected chi connectivity index (χ1v) is 6.42. The number of hydrogen-bond donors (Lipinski definition) is 0. The minimum atomic E-state index is 0.368. The summed E-state index contributed by atoms with van der Waals surface area (Å²) >= 11 is 0. The third-order valence-electron chi connectivity index (χ3n) is 3.95. The molecule has 0 bridgehead atoms. The summed E-state index contributed by atoms with van der Waals surface area (Å²) in [5.41, 5.74) is 6.38. The molecule has 1 aromatic rings. The standard InChI is InChI=1S/C15H19NO2/c1-10-12-6-4-5-7-13(12)11(2)15(18-3)14(10)8-16-9-17/h4-8H2,1-3H3. The molecule has 1 aliphatic carbocycles. The van der Waals surface area contributed by atoms with Crippen molar-refractivity contribution in [1.82, 2.24) is 0 Å². The number of aliphatic imine (C=N–C) groups is 1. The molecule has 0 amide bonds. The number of isocyanates is 1. The van der Waals surface area contributed by atoms with Crippen LogP contribution in [0, 0.1) is 13.8 Å². The van der Waals surface area contributed by atoms with Gasteiger partial charge in [0.25, 0.3) is 0 Å². The molecular weight excluding hydrogens is 226 g/mol. The van der Waals surface area contributed by atoms with Crippen molar-refractivity contribution in [2.24, 2.45) is 4.99 Å². The zero-order valence-corrected chi connectivity index (χ0v) is 11.3. The summed E-state index contributed by atoms with van der Waals surface area (Å²) in [6, 6.07) is 0. The first-order chi connectivity index (χ1) is 8.70. The number of nitrogens with zero attached hydrogens (tertiary/aromatic N) is 1. The lowest BCUT2D eigenvalue weighted by Gasteiger charge is -2.25. The Hall–Kier alpha value is -1.60. The van der Waals surface area contributed by atoms with Crippen LogP contribution in [0.5, 0.6) is 5.75 Å². The molecule has 0 radical (unpaired) electrons. The molecule has 0 saturated heterocycles. The Labute approximate surface area is 108 Å². The molecule has 0 spiro atoms. The molecule has 0 fully saturated rings. The lowest BCUT2D eigenvalue weighted by atomic mass is 9.83. The number of methoxy groups -OCH3 is 1. The lowest BCUT2D eigenvalue weighted by Crippen LogP contribution is -2.11. The van der Waals surface area contributed by atoms with Crippen LogP contribution in [0.25, 0.3) is 0 Å². The summed E-state index contributed by atoms with van der Waals surface area (Å²) in [6.45, 7) is 4.59. The summed E-state index contributed by atoms with van der Waals surface area (Å²) in [5, 5.41) is 0. The number of carbonyl (C=O) groups excluding carboxylic acids is 1. The quantitative estimate of drug-likeness (QED) is 0.606. The van der Waals surface area contributed by atoms with Crippen LogP contribution in [0.4, 0.5) is 0 Å². The van der Waals surface area contributed by atoms with Gasteiger partial charge < -0.3 is 4.74 Å². The molecule has 0 heterocycles. The minimum absolute atomic E-state index is 0.368. The zero-order chi connectivity index (χ0) is 13.1. The lowest BCUT2D eigenvalue weighted by molar-refractivity contribution is 0.404. The molecule has 0 N–H and O–H groups in total. The molecule has 3 nitrogen and oxygen atoms in total. The molecule has 3 heteroatoms. The van der Waals surface area contributed by atoms with Gasteiger partial charge in [-0.25, -0.2) is 9.79 Å². The van der Waals surface area contributed by atoms with Crippen LogP contribution in [-0.4, -0.2) is 13.2 Å². The van der Waals surface area contributed by atoms with Gasteiger partial charge in [0.2, 0.25) is 6.08 Å². The van der Waals surface area contributed by atoms with E-state index in [2.05, 4.69) is 18.8 Å². The van der Waals surface area contributed by atoms with E-state index in [1.807, 2.05) is 0 Å². The molecule has 18 heavy (non-hydrogen) atoms. The smallest absolute Gasteiger partial charge is 0.235 e. The van der Waals surface area contributed by atoms with Crippen molar-refractivity contribution in [1.29, 1.82) is 0 Å².